The van der Waals surface area contributed by atoms with Gasteiger partial charge in [0, 0.05) is 19.1 Å². The van der Waals surface area contributed by atoms with Gasteiger partial charge in [-0.3, -0.25) is 9.59 Å². The molecule has 2 N–H and O–H groups in total. The second kappa shape index (κ2) is 7.83. The number of hydrogen-bond donors (Lipinski definition) is 2. The maximum atomic E-state index is 11.9. The maximum Gasteiger partial charge on any atom is 0.306 e. The Morgan fingerprint density at radius 3 is 2.86 bits per heavy atom. The van der Waals surface area contributed by atoms with Gasteiger partial charge in [-0.1, -0.05) is 0 Å². The number of ether oxygens (including phenoxy) is 1. The molecule has 0 aliphatic heterocycles. The van der Waals surface area contributed by atoms with E-state index >= 15 is 0 Å². The van der Waals surface area contributed by atoms with E-state index in [1.807, 2.05) is 12.1 Å². The molecule has 1 saturated carbocycles. The Kier molecular flexibility index (Phi) is 5.80. The van der Waals surface area contributed by atoms with Crippen LogP contribution in [0.4, 0.5) is 0 Å². The molecule has 0 saturated heterocycles. The number of carboxylic acid groups (broad SMARTS) is 1. The number of carboxylic acids is 1. The van der Waals surface area contributed by atoms with Crippen molar-refractivity contribution in [3.05, 3.63) is 24.2 Å². The number of amides is 1. The van der Waals surface area contributed by atoms with Gasteiger partial charge in [0.25, 0.3) is 0 Å². The summed E-state index contributed by atoms with van der Waals surface area (Å²) in [4.78, 5) is 22.7. The van der Waals surface area contributed by atoms with Crippen molar-refractivity contribution in [2.75, 3.05) is 13.2 Å². The second-order valence-electron chi connectivity index (χ2n) is 5.32. The molecule has 1 amide bonds. The van der Waals surface area contributed by atoms with Crippen molar-refractivity contribution in [1.29, 1.82) is 0 Å². The molecular formula is C15H21NO5. The molecule has 6 nitrogen and oxygen atoms in total. The first-order valence-electron chi connectivity index (χ1n) is 7.27. The van der Waals surface area contributed by atoms with Crippen molar-refractivity contribution in [1.82, 2.24) is 5.32 Å². The number of aliphatic carboxylic acids is 1. The molecule has 1 aromatic heterocycles. The van der Waals surface area contributed by atoms with Gasteiger partial charge in [-0.2, -0.15) is 0 Å². The van der Waals surface area contributed by atoms with Crippen LogP contribution in [0.1, 0.15) is 31.4 Å². The average Bonchev–Trinajstić information content (AvgIpc) is 3.13. The van der Waals surface area contributed by atoms with Gasteiger partial charge in [0.05, 0.1) is 12.2 Å². The Hall–Kier alpha value is -1.82. The van der Waals surface area contributed by atoms with Crippen molar-refractivity contribution in [3.8, 4) is 0 Å². The lowest BCUT2D eigenvalue weighted by molar-refractivity contribution is -0.141. The van der Waals surface area contributed by atoms with E-state index in [0.29, 0.717) is 39.0 Å². The molecule has 0 bridgehead atoms. The Bertz CT molecular complexity index is 457. The molecule has 1 aliphatic carbocycles. The van der Waals surface area contributed by atoms with Crippen molar-refractivity contribution in [2.45, 2.75) is 32.3 Å². The van der Waals surface area contributed by atoms with Crippen LogP contribution in [0.5, 0.6) is 0 Å². The predicted molar refractivity (Wildman–Crippen MR) is 74.5 cm³/mol. The monoisotopic (exact) mass is 295 g/mol. The fourth-order valence-electron chi connectivity index (χ4n) is 2.54. The zero-order valence-electron chi connectivity index (χ0n) is 11.9. The van der Waals surface area contributed by atoms with Crippen LogP contribution in [0.25, 0.3) is 0 Å². The van der Waals surface area contributed by atoms with E-state index in [4.69, 9.17) is 14.3 Å². The number of nitrogens with one attached hydrogen (secondary N) is 1. The van der Waals surface area contributed by atoms with E-state index in [1.165, 1.54) is 0 Å². The van der Waals surface area contributed by atoms with E-state index in [2.05, 4.69) is 5.32 Å². The van der Waals surface area contributed by atoms with Crippen LogP contribution < -0.4 is 5.32 Å². The molecule has 116 valence electrons. The topological polar surface area (TPSA) is 88.8 Å². The highest BCUT2D eigenvalue weighted by atomic mass is 16.5. The van der Waals surface area contributed by atoms with Crippen LogP contribution in [0.2, 0.25) is 0 Å². The Balaban J connectivity index is 1.52. The highest BCUT2D eigenvalue weighted by Crippen LogP contribution is 2.30. The highest BCUT2D eigenvalue weighted by molar-refractivity contribution is 5.80. The molecule has 21 heavy (non-hydrogen) atoms. The van der Waals surface area contributed by atoms with E-state index < -0.39 is 5.97 Å². The Morgan fingerprint density at radius 2 is 2.19 bits per heavy atom. The Labute approximate surface area is 123 Å². The smallest absolute Gasteiger partial charge is 0.306 e. The largest absolute Gasteiger partial charge is 0.481 e. The highest BCUT2D eigenvalue weighted by Gasteiger charge is 2.33. The molecule has 0 unspecified atom stereocenters. The summed E-state index contributed by atoms with van der Waals surface area (Å²) >= 11 is 0. The van der Waals surface area contributed by atoms with Crippen molar-refractivity contribution < 1.29 is 23.8 Å². The molecule has 1 aromatic rings. The molecule has 2 rings (SSSR count). The van der Waals surface area contributed by atoms with Gasteiger partial charge in [-0.15, -0.1) is 0 Å². The molecule has 2 atom stereocenters. The lowest BCUT2D eigenvalue weighted by Crippen LogP contribution is -2.31. The lowest BCUT2D eigenvalue weighted by atomic mass is 10.0. The summed E-state index contributed by atoms with van der Waals surface area (Å²) in [5.41, 5.74) is 0. The van der Waals surface area contributed by atoms with Crippen LogP contribution in [0, 0.1) is 11.8 Å². The minimum Gasteiger partial charge on any atom is -0.481 e. The van der Waals surface area contributed by atoms with Gasteiger partial charge in [-0.05, 0) is 37.8 Å². The van der Waals surface area contributed by atoms with Gasteiger partial charge in [0.2, 0.25) is 5.91 Å². The average molecular weight is 295 g/mol. The van der Waals surface area contributed by atoms with Crippen LogP contribution in [0.3, 0.4) is 0 Å². The van der Waals surface area contributed by atoms with Gasteiger partial charge in [-0.25, -0.2) is 0 Å². The SMILES string of the molecule is O=C(O)[C@H]1CC[C@@H](C(=O)NCCCOCc2ccco2)C1. The van der Waals surface area contributed by atoms with Gasteiger partial charge in [0.1, 0.15) is 12.4 Å². The van der Waals surface area contributed by atoms with Crippen molar-refractivity contribution >= 4 is 11.9 Å². The van der Waals surface area contributed by atoms with E-state index in [0.717, 1.165) is 12.2 Å². The molecule has 1 aliphatic rings. The van der Waals surface area contributed by atoms with Crippen LogP contribution in [0.15, 0.2) is 22.8 Å². The van der Waals surface area contributed by atoms with Crippen molar-refractivity contribution in [2.24, 2.45) is 11.8 Å². The van der Waals surface area contributed by atoms with Crippen LogP contribution in [-0.2, 0) is 20.9 Å². The lowest BCUT2D eigenvalue weighted by Gasteiger charge is -2.10. The summed E-state index contributed by atoms with van der Waals surface area (Å²) in [6, 6.07) is 3.66. The third-order valence-electron chi connectivity index (χ3n) is 3.74. The van der Waals surface area contributed by atoms with Crippen molar-refractivity contribution in [3.63, 3.8) is 0 Å². The van der Waals surface area contributed by atoms with E-state index in [9.17, 15) is 9.59 Å². The fourth-order valence-corrected chi connectivity index (χ4v) is 2.54. The minimum atomic E-state index is -0.795. The fraction of sp³-hybridized carbons (Fsp3) is 0.600. The minimum absolute atomic E-state index is 0.0372. The predicted octanol–water partition coefficient (Wildman–Crippen LogP) is 1.80. The van der Waals surface area contributed by atoms with E-state index in [1.54, 1.807) is 6.26 Å². The zero-order chi connectivity index (χ0) is 15.1. The molecule has 6 heteroatoms. The number of carbonyl (C=O) groups is 2. The first-order valence-corrected chi connectivity index (χ1v) is 7.27. The standard InChI is InChI=1S/C15H21NO5/c17-14(11-4-5-12(9-11)15(18)19)16-6-2-7-20-10-13-3-1-8-21-13/h1,3,8,11-12H,2,4-7,9-10H2,(H,16,17)(H,18,19)/t11-,12+/m1/s1. The normalized spacial score (nSPS) is 21.3. The van der Waals surface area contributed by atoms with Gasteiger partial charge in [0.15, 0.2) is 0 Å². The van der Waals surface area contributed by atoms with Crippen LogP contribution in [-0.4, -0.2) is 30.1 Å². The first-order chi connectivity index (χ1) is 10.2. The number of furan rings is 1. The molecule has 1 heterocycles. The summed E-state index contributed by atoms with van der Waals surface area (Å²) in [5.74, 6) is -0.571. The first kappa shape index (κ1) is 15.6. The molecular weight excluding hydrogens is 274 g/mol. The quantitative estimate of drug-likeness (QED) is 0.714. The zero-order valence-corrected chi connectivity index (χ0v) is 11.9. The summed E-state index contributed by atoms with van der Waals surface area (Å²) in [6.07, 6.45) is 4.04. The van der Waals surface area contributed by atoms with Gasteiger partial charge >= 0.3 is 5.97 Å². The molecule has 0 aromatic carbocycles. The van der Waals surface area contributed by atoms with Gasteiger partial charge < -0.3 is 19.6 Å². The Morgan fingerprint density at radius 1 is 1.38 bits per heavy atom. The third kappa shape index (κ3) is 4.90. The molecule has 0 spiro atoms. The van der Waals surface area contributed by atoms with E-state index in [-0.39, 0.29) is 17.7 Å². The summed E-state index contributed by atoms with van der Waals surface area (Å²) in [5, 5.41) is 11.8. The van der Waals surface area contributed by atoms with Crippen LogP contribution >= 0.6 is 0 Å². The second-order valence-corrected chi connectivity index (χ2v) is 5.32. The summed E-state index contributed by atoms with van der Waals surface area (Å²) < 4.78 is 10.5. The number of hydrogen-bond acceptors (Lipinski definition) is 4. The number of rotatable bonds is 8. The summed E-state index contributed by atoms with van der Waals surface area (Å²) in [7, 11) is 0. The third-order valence-corrected chi connectivity index (χ3v) is 3.74. The maximum absolute atomic E-state index is 11.9. The number of carbonyl (C=O) groups excluding carboxylic acids is 1. The molecule has 0 radical (unpaired) electrons. The molecule has 1 fully saturated rings. The summed E-state index contributed by atoms with van der Waals surface area (Å²) in [6.45, 7) is 1.53.